The number of ether oxygens (including phenoxy) is 1. The van der Waals surface area contributed by atoms with Crippen molar-refractivity contribution in [1.29, 1.82) is 0 Å². The van der Waals surface area contributed by atoms with Gasteiger partial charge in [-0.1, -0.05) is 18.2 Å². The van der Waals surface area contributed by atoms with Crippen LogP contribution in [0.1, 0.15) is 34.5 Å². The Morgan fingerprint density at radius 2 is 2.07 bits per heavy atom. The van der Waals surface area contributed by atoms with E-state index in [2.05, 4.69) is 15.6 Å². The number of benzene rings is 2. The van der Waals surface area contributed by atoms with Crippen LogP contribution in [0, 0.1) is 0 Å². The summed E-state index contributed by atoms with van der Waals surface area (Å²) in [5, 5.41) is 17.8. The molecule has 29 heavy (non-hydrogen) atoms. The molecule has 2 aliphatic rings. The van der Waals surface area contributed by atoms with Gasteiger partial charge >= 0.3 is 5.97 Å². The van der Waals surface area contributed by atoms with Crippen LogP contribution in [0.3, 0.4) is 0 Å². The first-order chi connectivity index (χ1) is 14.1. The second-order valence-corrected chi connectivity index (χ2v) is 8.05. The van der Waals surface area contributed by atoms with Crippen molar-refractivity contribution in [3.05, 3.63) is 65.4 Å². The Bertz CT molecular complexity index is 1040. The first-order valence-corrected chi connectivity index (χ1v) is 10.2. The van der Waals surface area contributed by atoms with Gasteiger partial charge in [0.25, 0.3) is 0 Å². The fraction of sp³-hybridized carbons (Fsp3) is 0.348. The molecule has 6 nitrogen and oxygen atoms in total. The molecular weight excluding hydrogens is 366 g/mol. The third kappa shape index (κ3) is 3.28. The van der Waals surface area contributed by atoms with E-state index in [4.69, 9.17) is 4.74 Å². The first-order valence-electron chi connectivity index (χ1n) is 10.2. The van der Waals surface area contributed by atoms with E-state index in [0.717, 1.165) is 49.0 Å². The number of para-hydroxylation sites is 1. The quantitative estimate of drug-likeness (QED) is 0.537. The summed E-state index contributed by atoms with van der Waals surface area (Å²) in [5.41, 5.74) is 3.66. The number of aromatic amines is 1. The molecule has 0 aliphatic carbocycles. The molecular formula is C23H25N3O3. The lowest BCUT2D eigenvalue weighted by atomic mass is 9.82. The van der Waals surface area contributed by atoms with Crippen molar-refractivity contribution in [3.8, 4) is 5.75 Å². The van der Waals surface area contributed by atoms with E-state index in [0.29, 0.717) is 12.2 Å². The number of hydrogen-bond acceptors (Lipinski definition) is 4. The van der Waals surface area contributed by atoms with Crippen LogP contribution >= 0.6 is 0 Å². The zero-order valence-corrected chi connectivity index (χ0v) is 16.2. The number of rotatable bonds is 5. The van der Waals surface area contributed by atoms with Crippen molar-refractivity contribution in [2.24, 2.45) is 0 Å². The lowest BCUT2D eigenvalue weighted by Crippen LogP contribution is -2.54. The summed E-state index contributed by atoms with van der Waals surface area (Å²) in [4.78, 5) is 15.1. The zero-order chi connectivity index (χ0) is 19.8. The zero-order valence-electron chi connectivity index (χ0n) is 16.2. The van der Waals surface area contributed by atoms with Gasteiger partial charge < -0.3 is 25.5 Å². The fourth-order valence-corrected chi connectivity index (χ4v) is 4.80. The second kappa shape index (κ2) is 7.21. The second-order valence-electron chi connectivity index (χ2n) is 8.05. The normalized spacial score (nSPS) is 23.4. The number of hydrogen-bond donors (Lipinski definition) is 4. The number of aromatic nitrogens is 1. The van der Waals surface area contributed by atoms with Gasteiger partial charge in [-0.3, -0.25) is 0 Å². The predicted molar refractivity (Wildman–Crippen MR) is 112 cm³/mol. The van der Waals surface area contributed by atoms with E-state index in [-0.39, 0.29) is 11.6 Å². The summed E-state index contributed by atoms with van der Waals surface area (Å²) < 4.78 is 5.93. The number of fused-ring (bicyclic) bond motifs is 4. The van der Waals surface area contributed by atoms with Crippen LogP contribution in [-0.2, 0) is 12.0 Å². The molecule has 0 amide bonds. The highest BCUT2D eigenvalue weighted by atomic mass is 16.5. The van der Waals surface area contributed by atoms with Gasteiger partial charge in [0, 0.05) is 29.2 Å². The van der Waals surface area contributed by atoms with E-state index in [1.807, 2.05) is 42.5 Å². The Kier molecular flexibility index (Phi) is 4.53. The predicted octanol–water partition coefficient (Wildman–Crippen LogP) is 3.04. The Balaban J connectivity index is 1.44. The summed E-state index contributed by atoms with van der Waals surface area (Å²) in [6, 6.07) is 15.5. The minimum absolute atomic E-state index is 0.132. The van der Waals surface area contributed by atoms with Gasteiger partial charge in [-0.25, -0.2) is 4.79 Å². The number of H-pyrrole nitrogens is 1. The molecule has 0 radical (unpaired) electrons. The molecule has 1 aromatic heterocycles. The van der Waals surface area contributed by atoms with Crippen molar-refractivity contribution in [1.82, 2.24) is 15.6 Å². The SMILES string of the molecule is O=C(O)c1ccc2[nH]c3c(c2c1)CC(CCOc1ccccc1)N[C@@]31CCNC1. The maximum Gasteiger partial charge on any atom is 0.335 e. The molecule has 2 atom stereocenters. The maximum atomic E-state index is 11.5. The van der Waals surface area contributed by atoms with Crippen LogP contribution in [-0.4, -0.2) is 41.8 Å². The number of carboxylic acids is 1. The minimum atomic E-state index is -0.888. The van der Waals surface area contributed by atoms with E-state index >= 15 is 0 Å². The van der Waals surface area contributed by atoms with Crippen LogP contribution in [0.4, 0.5) is 0 Å². The Morgan fingerprint density at radius 1 is 1.21 bits per heavy atom. The molecule has 2 aliphatic heterocycles. The molecule has 1 unspecified atom stereocenters. The summed E-state index contributed by atoms with van der Waals surface area (Å²) in [6.45, 7) is 2.48. The minimum Gasteiger partial charge on any atom is -0.494 e. The highest BCUT2D eigenvalue weighted by Crippen LogP contribution is 2.39. The third-order valence-corrected chi connectivity index (χ3v) is 6.20. The van der Waals surface area contributed by atoms with Gasteiger partial charge in [-0.15, -0.1) is 0 Å². The molecule has 3 aromatic rings. The summed E-state index contributed by atoms with van der Waals surface area (Å²) in [5.74, 6) is 0.000260. The van der Waals surface area contributed by atoms with Crippen molar-refractivity contribution in [3.63, 3.8) is 0 Å². The van der Waals surface area contributed by atoms with Gasteiger partial charge in [-0.05, 0) is 61.7 Å². The van der Waals surface area contributed by atoms with Crippen LogP contribution in [0.2, 0.25) is 0 Å². The van der Waals surface area contributed by atoms with Crippen LogP contribution < -0.4 is 15.4 Å². The first kappa shape index (κ1) is 18.2. The van der Waals surface area contributed by atoms with Crippen molar-refractivity contribution >= 4 is 16.9 Å². The largest absolute Gasteiger partial charge is 0.494 e. The molecule has 0 saturated carbocycles. The smallest absolute Gasteiger partial charge is 0.335 e. The maximum absolute atomic E-state index is 11.5. The lowest BCUT2D eigenvalue weighted by molar-refractivity contribution is 0.0697. The number of nitrogens with one attached hydrogen (secondary N) is 3. The fourth-order valence-electron chi connectivity index (χ4n) is 4.80. The third-order valence-electron chi connectivity index (χ3n) is 6.20. The lowest BCUT2D eigenvalue weighted by Gasteiger charge is -2.39. The van der Waals surface area contributed by atoms with Gasteiger partial charge in [0.2, 0.25) is 0 Å². The summed E-state index contributed by atoms with van der Waals surface area (Å²) in [6.07, 6.45) is 2.76. The van der Waals surface area contributed by atoms with Crippen LogP contribution in [0.25, 0.3) is 10.9 Å². The van der Waals surface area contributed by atoms with Gasteiger partial charge in [0.05, 0.1) is 17.7 Å². The average Bonchev–Trinajstić information content (AvgIpc) is 3.34. The average molecular weight is 391 g/mol. The molecule has 0 bridgehead atoms. The number of carbonyl (C=O) groups is 1. The van der Waals surface area contributed by atoms with Gasteiger partial charge in [0.15, 0.2) is 0 Å². The van der Waals surface area contributed by atoms with Crippen molar-refractivity contribution in [2.75, 3.05) is 19.7 Å². The Hall–Kier alpha value is -2.83. The molecule has 5 rings (SSSR count). The van der Waals surface area contributed by atoms with Crippen molar-refractivity contribution in [2.45, 2.75) is 30.8 Å². The highest BCUT2D eigenvalue weighted by Gasteiger charge is 2.44. The summed E-state index contributed by atoms with van der Waals surface area (Å²) in [7, 11) is 0. The Labute approximate surface area is 169 Å². The number of aromatic carboxylic acids is 1. The highest BCUT2D eigenvalue weighted by molar-refractivity contribution is 5.95. The van der Waals surface area contributed by atoms with E-state index in [1.54, 1.807) is 6.07 Å². The molecule has 4 N–H and O–H groups in total. The molecule has 1 fully saturated rings. The number of carboxylic acid groups (broad SMARTS) is 1. The van der Waals surface area contributed by atoms with E-state index < -0.39 is 5.97 Å². The standard InChI is InChI=1S/C23H25N3O3/c27-22(28)15-6-7-20-18(12-15)19-13-16(8-11-29-17-4-2-1-3-5-17)26-23(21(19)25-20)9-10-24-14-23/h1-7,12,16,24-26H,8-11,13-14H2,(H,27,28)/t16?,23-/m1/s1. The van der Waals surface area contributed by atoms with Gasteiger partial charge in [0.1, 0.15) is 5.75 Å². The molecule has 3 heterocycles. The topological polar surface area (TPSA) is 86.4 Å². The van der Waals surface area contributed by atoms with Crippen LogP contribution in [0.5, 0.6) is 5.75 Å². The van der Waals surface area contributed by atoms with Crippen molar-refractivity contribution < 1.29 is 14.6 Å². The van der Waals surface area contributed by atoms with Crippen LogP contribution in [0.15, 0.2) is 48.5 Å². The molecule has 6 heteroatoms. The molecule has 1 saturated heterocycles. The Morgan fingerprint density at radius 3 is 2.83 bits per heavy atom. The summed E-state index contributed by atoms with van der Waals surface area (Å²) >= 11 is 0. The molecule has 150 valence electrons. The van der Waals surface area contributed by atoms with E-state index in [9.17, 15) is 9.90 Å². The van der Waals surface area contributed by atoms with E-state index in [1.165, 1.54) is 11.3 Å². The van der Waals surface area contributed by atoms with Gasteiger partial charge in [-0.2, -0.15) is 0 Å². The molecule has 1 spiro atoms. The molecule has 2 aromatic carbocycles. The monoisotopic (exact) mass is 391 g/mol.